The zero-order valence-corrected chi connectivity index (χ0v) is 86.1. The van der Waals surface area contributed by atoms with Gasteiger partial charge in [0.15, 0.2) is 17.9 Å². The van der Waals surface area contributed by atoms with Crippen LogP contribution >= 0.6 is 0 Å². The van der Waals surface area contributed by atoms with Gasteiger partial charge in [-0.2, -0.15) is 5.21 Å². The standard InChI is InChI=1S/C52H79N5O12.C52H81NO12.CH2N4/c1-31-16-12-11-13-17-32(2)43(65-8)28-39-21-19-33(3)49(61)52(64,69-39)51(63)56-23-15-14-18-41(56)50(62)68-44(35(5)26-38-20-22-40(45(27-38)66-9)57-30-53-54-55-57)29-42(58)34(4)25-37(7)47(60)48(67-10)46(59)36(6)24-31;1-31-17-13-12-14-18-32(2)44(62-10)29-40-23-21-34(4)49(57)52(60,65-40)51(59)53-24-16-15-19-41(53)50(58)64-45(36(6)27-39-22-20-33(3)43(28-39)61-9)30-42(54)35(5)26-38(8)47(56)48(63-11)46(55)37(7)25-31;1-2-4-5-3-1/h11-13,16-17,25,30-31,33-36,38-41,43-45,47-48,60,64H,14-15,18-24,26-29H2,1-10H3;12-14,17-18,26,31,33-37,39-41,43-45,47-48,56,60H,15-16,19-25,27-30H2,1-11H3;1H,(H,2,3,4,5)/b13-11+,16-12+,32-17?,37-25+;14-12+,17-13+,32-18?,38-26+;/t31-,33-,34-,35-,36-,38+,39+,40?,41+,43+,44+,45-,47-,48+,52?;31-,33?,34-,35-,36-,37-,39+,40+,41+,43-,44+,45+,47-,48+,52?;/m11./s1. The Labute approximate surface area is 822 Å². The van der Waals surface area contributed by atoms with Crippen LogP contribution in [0.2, 0.25) is 0 Å². The zero-order valence-electron chi connectivity index (χ0n) is 86.1. The number of aliphatic hydroxyl groups is 4. The second kappa shape index (κ2) is 55.9. The van der Waals surface area contributed by atoms with Gasteiger partial charge in [0.1, 0.15) is 66.6 Å². The van der Waals surface area contributed by atoms with Crippen LogP contribution in [-0.2, 0) is 95.3 Å². The molecule has 8 heterocycles. The highest BCUT2D eigenvalue weighted by molar-refractivity contribution is 6.10. The summed E-state index contributed by atoms with van der Waals surface area (Å²) < 4.78 is 61.5. The van der Waals surface area contributed by atoms with Crippen molar-refractivity contribution in [2.24, 2.45) is 76.9 Å². The molecular weight excluding hydrogens is 1790 g/mol. The number of fused-ring (bicyclic) bond motifs is 6. The number of H-pyrrole nitrogens is 1. The van der Waals surface area contributed by atoms with Crippen molar-refractivity contribution in [2.45, 2.75) is 361 Å². The number of amides is 2. The van der Waals surface area contributed by atoms with Gasteiger partial charge < -0.3 is 77.6 Å². The Morgan fingerprint density at radius 1 is 0.475 bits per heavy atom. The number of Topliss-reactive ketones (excluding diaryl/α,β-unsaturated/α-hetero) is 6. The molecule has 4 unspecified atom stereocenters. The van der Waals surface area contributed by atoms with Gasteiger partial charge in [-0.3, -0.25) is 38.4 Å². The van der Waals surface area contributed by atoms with Crippen LogP contribution < -0.4 is 0 Å². The molecule has 30 atom stereocenters. The first kappa shape index (κ1) is 116. The van der Waals surface area contributed by atoms with Crippen LogP contribution in [0.25, 0.3) is 0 Å². The molecule has 8 aliphatic rings. The van der Waals surface area contributed by atoms with Crippen molar-refractivity contribution in [3.05, 3.63) is 108 Å². The number of carbonyl (C=O) groups excluding carboxylic acids is 10. The van der Waals surface area contributed by atoms with Crippen molar-refractivity contribution in [1.29, 1.82) is 0 Å². The fourth-order valence-corrected chi connectivity index (χ4v) is 21.2. The number of aliphatic hydroxyl groups excluding tert-OH is 2. The Kier molecular flexibility index (Phi) is 46.6. The van der Waals surface area contributed by atoms with Gasteiger partial charge in [-0.05, 0) is 230 Å². The number of ketones is 6. The number of nitrogens with one attached hydrogen (secondary N) is 1. The first-order chi connectivity index (χ1) is 66.1. The first-order valence-corrected chi connectivity index (χ1v) is 50.4. The number of esters is 2. The number of cyclic esters (lactones) is 2. The number of rotatable bonds is 13. The van der Waals surface area contributed by atoms with Crippen molar-refractivity contribution >= 4 is 58.5 Å². The monoisotopic (exact) mass is 1950 g/mol. The lowest BCUT2D eigenvalue weighted by atomic mass is 9.76. The van der Waals surface area contributed by atoms with E-state index in [9.17, 15) is 68.4 Å². The molecule has 2 aliphatic carbocycles. The van der Waals surface area contributed by atoms with Crippen LogP contribution in [-0.4, -0.2) is 282 Å². The fraction of sp³-hybridized carbons (Fsp3) is 0.733. The van der Waals surface area contributed by atoms with Crippen molar-refractivity contribution in [2.75, 3.05) is 55.7 Å². The molecule has 0 aromatic carbocycles. The van der Waals surface area contributed by atoms with Crippen LogP contribution in [0.4, 0.5) is 0 Å². The van der Waals surface area contributed by atoms with Gasteiger partial charge in [0.2, 0.25) is 11.6 Å². The number of aromatic nitrogens is 8. The molecule has 5 N–H and O–H groups in total. The second-order valence-electron chi connectivity index (χ2n) is 40.9. The topological polar surface area (TPSA) is 448 Å². The molecule has 34 heteroatoms. The number of nitrogens with zero attached hydrogens (tertiary/aromatic N) is 9. The van der Waals surface area contributed by atoms with Crippen LogP contribution in [0, 0.1) is 76.9 Å². The Balaban J connectivity index is 0.000000324. The molecule has 0 radical (unpaired) electrons. The minimum atomic E-state index is -2.86. The average molecular weight is 1950 g/mol. The smallest absolute Gasteiger partial charge is 0.329 e. The van der Waals surface area contributed by atoms with E-state index >= 15 is 0 Å². The summed E-state index contributed by atoms with van der Waals surface area (Å²) in [4.78, 5) is 145. The summed E-state index contributed by atoms with van der Waals surface area (Å²) >= 11 is 0. The van der Waals surface area contributed by atoms with E-state index < -0.39 is 156 Å². The van der Waals surface area contributed by atoms with E-state index in [1.807, 2.05) is 116 Å². The minimum Gasteiger partial charge on any atom is -0.460 e. The number of hydrogen-bond acceptors (Lipinski definition) is 30. The van der Waals surface area contributed by atoms with Crippen molar-refractivity contribution in [1.82, 2.24) is 50.6 Å². The molecule has 0 spiro atoms. The van der Waals surface area contributed by atoms with Gasteiger partial charge in [-0.25, -0.2) is 14.3 Å². The van der Waals surface area contributed by atoms with E-state index in [1.54, 1.807) is 93.1 Å². The normalized spacial score (nSPS) is 37.7. The van der Waals surface area contributed by atoms with E-state index in [0.29, 0.717) is 101 Å². The van der Waals surface area contributed by atoms with E-state index in [1.165, 1.54) is 30.3 Å². The zero-order chi connectivity index (χ0) is 102. The summed E-state index contributed by atoms with van der Waals surface area (Å²) in [6.45, 7) is 27.8. The third-order valence-corrected chi connectivity index (χ3v) is 30.0. The predicted octanol–water partition coefficient (Wildman–Crippen LogP) is 12.7. The van der Waals surface area contributed by atoms with Gasteiger partial charge in [-0.1, -0.05) is 154 Å². The van der Waals surface area contributed by atoms with Crippen LogP contribution in [0.1, 0.15) is 264 Å². The van der Waals surface area contributed by atoms with E-state index in [-0.39, 0.29) is 129 Å². The van der Waals surface area contributed by atoms with Crippen molar-refractivity contribution in [3.63, 3.8) is 0 Å². The molecule has 776 valence electrons. The van der Waals surface area contributed by atoms with Crippen molar-refractivity contribution in [3.8, 4) is 0 Å². The number of ether oxygens (including phenoxy) is 10. The molecular formula is C105H162N10O24. The summed E-state index contributed by atoms with van der Waals surface area (Å²) in [6.07, 6.45) is 27.9. The van der Waals surface area contributed by atoms with Crippen LogP contribution in [0.15, 0.2) is 108 Å². The van der Waals surface area contributed by atoms with Gasteiger partial charge in [0, 0.05) is 117 Å². The summed E-state index contributed by atoms with van der Waals surface area (Å²) in [6, 6.07) is -2.34. The largest absolute Gasteiger partial charge is 0.460 e. The Hall–Kier alpha value is -8.52. The third-order valence-electron chi connectivity index (χ3n) is 30.0. The molecule has 2 aromatic heterocycles. The number of aromatic amines is 1. The Morgan fingerprint density at radius 2 is 0.906 bits per heavy atom. The molecule has 2 aromatic rings. The maximum atomic E-state index is 14.7. The summed E-state index contributed by atoms with van der Waals surface area (Å²) in [7, 11) is 9.30. The number of hydrogen-bond donors (Lipinski definition) is 5. The number of methoxy groups -OCH3 is 6. The molecule has 2 saturated carbocycles. The minimum absolute atomic E-state index is 0.0124. The molecule has 34 nitrogen and oxygen atoms in total. The Morgan fingerprint density at radius 3 is 1.29 bits per heavy atom. The maximum absolute atomic E-state index is 14.7. The van der Waals surface area contributed by atoms with Gasteiger partial charge in [0.25, 0.3) is 11.8 Å². The third kappa shape index (κ3) is 32.2. The predicted molar refractivity (Wildman–Crippen MR) is 518 cm³/mol. The quantitative estimate of drug-likeness (QED) is 0.0706. The van der Waals surface area contributed by atoms with E-state index in [2.05, 4.69) is 43.1 Å². The highest BCUT2D eigenvalue weighted by atomic mass is 16.7. The average Bonchev–Trinajstić information content (AvgIpc) is 1.75. The lowest BCUT2D eigenvalue weighted by molar-refractivity contribution is -0.231. The highest BCUT2D eigenvalue weighted by Gasteiger charge is 2.58. The molecule has 6 fully saturated rings. The number of allylic oxidation sites excluding steroid dienone is 12. The van der Waals surface area contributed by atoms with Gasteiger partial charge in [0.05, 0.1) is 42.7 Å². The summed E-state index contributed by atoms with van der Waals surface area (Å²) in [5.74, 6) is -15.1. The lowest BCUT2D eigenvalue weighted by Gasteiger charge is -2.40. The molecule has 10 rings (SSSR count). The summed E-state index contributed by atoms with van der Waals surface area (Å²) in [5.41, 5.74) is 2.51. The van der Waals surface area contributed by atoms with Crippen LogP contribution in [0.3, 0.4) is 0 Å². The van der Waals surface area contributed by atoms with Gasteiger partial charge >= 0.3 is 23.5 Å². The molecule has 2 amide bonds. The van der Waals surface area contributed by atoms with Crippen molar-refractivity contribution < 1.29 is 116 Å². The summed E-state index contributed by atoms with van der Waals surface area (Å²) in [5, 5.41) is 71.2. The number of tetrazole rings is 2. The molecule has 139 heavy (non-hydrogen) atoms. The number of carbonyl (C=O) groups is 10. The Bertz CT molecular complexity index is 4530. The molecule has 4 saturated heterocycles. The number of piperidine rings is 2. The van der Waals surface area contributed by atoms with Crippen LogP contribution in [0.5, 0.6) is 0 Å². The second-order valence-corrected chi connectivity index (χ2v) is 40.9. The molecule has 6 aliphatic heterocycles. The maximum Gasteiger partial charge on any atom is 0.329 e. The van der Waals surface area contributed by atoms with E-state index in [4.69, 9.17) is 47.4 Å². The first-order valence-electron chi connectivity index (χ1n) is 50.4. The molecule has 4 bridgehead atoms. The highest BCUT2D eigenvalue weighted by Crippen LogP contribution is 2.43. The van der Waals surface area contributed by atoms with Gasteiger partial charge in [-0.15, -0.1) is 15.3 Å². The lowest BCUT2D eigenvalue weighted by Crippen LogP contribution is -2.62. The SMILES string of the molecule is CO[C@H]1C[C@@H]2CC[C@@H](C)C(=O)C(O)(O2)C(=O)N2CCCC[C@H]2C(=O)O[C@H]([C@H](C)C[C@@H]2CCC(C)[C@H](OC)C2)CC(=O)[C@H](C)/C=C(\C)[C@@H](O)[C@@H](OC)C(=O)[C@H](C)C[C@H](C)/C=C/C=C/C=C1C.CO[C@H]1C[C@@H]2CC[C@@H](C)C(=O)C(O)(O2)C(=O)N2CCCC[C@H]2C(=O)O[C@H]([C@H](C)C[C@@H]2CCC(n3cnnn3)[C@H](OC)C2)CC(=O)[C@H](C)/C=C(\C)[C@@H](O)[C@@H](OC)C(=O)[C@H](C)C[C@H](C)/C=C/C=C/C=C1C.c1nn[nH]n1. The fourth-order valence-electron chi connectivity index (χ4n) is 21.2. The van der Waals surface area contributed by atoms with E-state index in [0.717, 1.165) is 43.3 Å².